The van der Waals surface area contributed by atoms with E-state index < -0.39 is 35.4 Å². The molecule has 0 amide bonds. The lowest BCUT2D eigenvalue weighted by Crippen LogP contribution is -2.32. The summed E-state index contributed by atoms with van der Waals surface area (Å²) in [6.07, 6.45) is 0. The fourth-order valence-electron chi connectivity index (χ4n) is 3.10. The summed E-state index contributed by atoms with van der Waals surface area (Å²) in [5.41, 5.74) is 0.378. The Hall–Kier alpha value is -3.69. The number of esters is 2. The predicted molar refractivity (Wildman–Crippen MR) is 99.6 cm³/mol. The van der Waals surface area contributed by atoms with Crippen LogP contribution in [0.25, 0.3) is 0 Å². The third-order valence-corrected chi connectivity index (χ3v) is 4.25. The third-order valence-electron chi connectivity index (χ3n) is 4.25. The topological polar surface area (TPSA) is 145 Å². The average Bonchev–Trinajstić information content (AvgIpc) is 2.65. The van der Waals surface area contributed by atoms with Crippen molar-refractivity contribution in [1.82, 2.24) is 5.32 Å². The van der Waals surface area contributed by atoms with Crippen molar-refractivity contribution >= 4 is 23.6 Å². The Kier molecular flexibility index (Phi) is 6.71. The molecule has 0 unspecified atom stereocenters. The van der Waals surface area contributed by atoms with Crippen LogP contribution < -0.4 is 5.32 Å². The minimum absolute atomic E-state index is 0.0576. The lowest BCUT2D eigenvalue weighted by molar-refractivity contribution is -0.384. The van der Waals surface area contributed by atoms with Crippen LogP contribution in [0.2, 0.25) is 0 Å². The first-order valence-electron chi connectivity index (χ1n) is 8.66. The van der Waals surface area contributed by atoms with E-state index in [1.54, 1.807) is 13.8 Å². The van der Waals surface area contributed by atoms with Crippen LogP contribution in [-0.4, -0.2) is 41.2 Å². The number of non-ortho nitro benzene ring substituents is 1. The number of aliphatic carboxylic acids is 1. The van der Waals surface area contributed by atoms with Crippen LogP contribution in [0.4, 0.5) is 5.69 Å². The van der Waals surface area contributed by atoms with Crippen molar-refractivity contribution < 1.29 is 33.9 Å². The Bertz CT molecular complexity index is 932. The van der Waals surface area contributed by atoms with Gasteiger partial charge in [0.2, 0.25) is 0 Å². The number of hydrogen-bond acceptors (Lipinski definition) is 8. The zero-order valence-corrected chi connectivity index (χ0v) is 16.1. The van der Waals surface area contributed by atoms with Crippen molar-refractivity contribution in [3.63, 3.8) is 0 Å². The number of carboxylic acids is 1. The molecule has 1 aliphatic heterocycles. The second-order valence-corrected chi connectivity index (χ2v) is 6.17. The maximum absolute atomic E-state index is 12.7. The SMILES string of the molecule is CCOC(=O)COC(=O)C1=C(C)NC(C)=C(C(=O)O)[C@H]1c1cccc([N+](=O)[O-])c1. The van der Waals surface area contributed by atoms with Crippen molar-refractivity contribution in [2.24, 2.45) is 0 Å². The van der Waals surface area contributed by atoms with Gasteiger partial charge in [0.15, 0.2) is 6.61 Å². The number of nitrogens with zero attached hydrogens (tertiary/aromatic N) is 1. The highest BCUT2D eigenvalue weighted by atomic mass is 16.6. The predicted octanol–water partition coefficient (Wildman–Crippen LogP) is 2.02. The Morgan fingerprint density at radius 2 is 1.83 bits per heavy atom. The van der Waals surface area contributed by atoms with E-state index in [0.29, 0.717) is 5.70 Å². The number of rotatable bonds is 7. The Morgan fingerprint density at radius 1 is 1.17 bits per heavy atom. The van der Waals surface area contributed by atoms with Crippen molar-refractivity contribution in [3.8, 4) is 0 Å². The molecular weight excluding hydrogens is 384 g/mol. The zero-order chi connectivity index (χ0) is 21.7. The summed E-state index contributed by atoms with van der Waals surface area (Å²) in [6, 6.07) is 5.36. The van der Waals surface area contributed by atoms with Crippen LogP contribution in [0.5, 0.6) is 0 Å². The van der Waals surface area contributed by atoms with E-state index in [4.69, 9.17) is 9.47 Å². The number of hydrogen-bond donors (Lipinski definition) is 2. The summed E-state index contributed by atoms with van der Waals surface area (Å²) >= 11 is 0. The number of carbonyl (C=O) groups is 3. The van der Waals surface area contributed by atoms with Crippen LogP contribution in [-0.2, 0) is 23.9 Å². The number of allylic oxidation sites excluding steroid dienone is 2. The van der Waals surface area contributed by atoms with Gasteiger partial charge in [0.25, 0.3) is 5.69 Å². The van der Waals surface area contributed by atoms with Gasteiger partial charge in [0, 0.05) is 23.5 Å². The largest absolute Gasteiger partial charge is 0.478 e. The Balaban J connectivity index is 2.52. The highest BCUT2D eigenvalue weighted by Crippen LogP contribution is 2.39. The lowest BCUT2D eigenvalue weighted by Gasteiger charge is -2.29. The number of dihydropyridines is 1. The van der Waals surface area contributed by atoms with Crippen molar-refractivity contribution in [2.45, 2.75) is 26.7 Å². The van der Waals surface area contributed by atoms with Gasteiger partial charge in [-0.3, -0.25) is 10.1 Å². The standard InChI is InChI=1S/C19H20N2O8/c1-4-28-14(22)9-29-19(25)16-11(3)20-10(2)15(18(23)24)17(16)12-6-5-7-13(8-12)21(26)27/h5-8,17,20H,4,9H2,1-3H3,(H,23,24)/t17-/m1/s1. The van der Waals surface area contributed by atoms with E-state index in [1.807, 2.05) is 0 Å². The fraction of sp³-hybridized carbons (Fsp3) is 0.316. The van der Waals surface area contributed by atoms with Crippen molar-refractivity contribution in [2.75, 3.05) is 13.2 Å². The van der Waals surface area contributed by atoms with E-state index >= 15 is 0 Å². The molecule has 0 aromatic heterocycles. The molecule has 0 saturated heterocycles. The highest BCUT2D eigenvalue weighted by molar-refractivity contribution is 5.99. The first-order valence-corrected chi connectivity index (χ1v) is 8.66. The van der Waals surface area contributed by atoms with Gasteiger partial charge in [-0.15, -0.1) is 0 Å². The average molecular weight is 404 g/mol. The van der Waals surface area contributed by atoms with Gasteiger partial charge in [0.1, 0.15) is 0 Å². The third kappa shape index (κ3) is 4.78. The van der Waals surface area contributed by atoms with E-state index in [1.165, 1.54) is 31.2 Å². The van der Waals surface area contributed by atoms with Gasteiger partial charge < -0.3 is 19.9 Å². The molecule has 0 fully saturated rings. The summed E-state index contributed by atoms with van der Waals surface area (Å²) in [5, 5.41) is 23.7. The van der Waals surface area contributed by atoms with Crippen molar-refractivity contribution in [3.05, 3.63) is 62.5 Å². The normalized spacial score (nSPS) is 16.2. The van der Waals surface area contributed by atoms with Gasteiger partial charge >= 0.3 is 17.9 Å². The molecule has 2 rings (SSSR count). The molecule has 1 aromatic rings. The highest BCUT2D eigenvalue weighted by Gasteiger charge is 2.38. The second kappa shape index (κ2) is 9.00. The molecule has 1 atom stereocenters. The number of carbonyl (C=O) groups excluding carboxylic acids is 2. The number of nitro benzene ring substituents is 1. The van der Waals surface area contributed by atoms with Gasteiger partial charge in [-0.2, -0.15) is 0 Å². The number of ether oxygens (including phenoxy) is 2. The van der Waals surface area contributed by atoms with Gasteiger partial charge in [-0.25, -0.2) is 14.4 Å². The van der Waals surface area contributed by atoms with Crippen molar-refractivity contribution in [1.29, 1.82) is 0 Å². The van der Waals surface area contributed by atoms with Crippen LogP contribution in [0.3, 0.4) is 0 Å². The van der Waals surface area contributed by atoms with E-state index in [9.17, 15) is 29.6 Å². The van der Waals surface area contributed by atoms with Crippen LogP contribution in [0.15, 0.2) is 46.8 Å². The molecule has 1 aliphatic rings. The Labute approximate surface area is 165 Å². The van der Waals surface area contributed by atoms with Gasteiger partial charge in [0.05, 0.1) is 28.6 Å². The molecule has 2 N–H and O–H groups in total. The van der Waals surface area contributed by atoms with Gasteiger partial charge in [-0.05, 0) is 26.3 Å². The molecule has 154 valence electrons. The number of carboxylic acid groups (broad SMARTS) is 1. The monoisotopic (exact) mass is 404 g/mol. The lowest BCUT2D eigenvalue weighted by atomic mass is 9.80. The molecule has 1 aromatic carbocycles. The molecule has 29 heavy (non-hydrogen) atoms. The zero-order valence-electron chi connectivity index (χ0n) is 16.1. The summed E-state index contributed by atoms with van der Waals surface area (Å²) in [7, 11) is 0. The maximum Gasteiger partial charge on any atom is 0.344 e. The molecule has 10 nitrogen and oxygen atoms in total. The molecule has 1 heterocycles. The molecule has 0 bridgehead atoms. The second-order valence-electron chi connectivity index (χ2n) is 6.17. The first kappa shape index (κ1) is 21.6. The van der Waals surface area contributed by atoms with E-state index in [0.717, 1.165) is 0 Å². The molecule has 0 aliphatic carbocycles. The van der Waals surface area contributed by atoms with Crippen LogP contribution in [0.1, 0.15) is 32.3 Å². The number of nitro groups is 1. The van der Waals surface area contributed by atoms with E-state index in [2.05, 4.69) is 5.32 Å². The van der Waals surface area contributed by atoms with Gasteiger partial charge in [-0.1, -0.05) is 12.1 Å². The summed E-state index contributed by atoms with van der Waals surface area (Å²) in [6.45, 7) is 4.14. The molecule has 0 saturated carbocycles. The number of nitrogens with one attached hydrogen (secondary N) is 1. The Morgan fingerprint density at radius 3 is 2.41 bits per heavy atom. The molecule has 0 radical (unpaired) electrons. The molecule has 0 spiro atoms. The smallest absolute Gasteiger partial charge is 0.344 e. The summed E-state index contributed by atoms with van der Waals surface area (Å²) in [5.74, 6) is -4.09. The molecule has 10 heteroatoms. The van der Waals surface area contributed by atoms with Crippen LogP contribution >= 0.6 is 0 Å². The molecular formula is C19H20N2O8. The maximum atomic E-state index is 12.7. The summed E-state index contributed by atoms with van der Waals surface area (Å²) < 4.78 is 9.71. The first-order chi connectivity index (χ1) is 13.7. The quantitative estimate of drug-likeness (QED) is 0.396. The number of benzene rings is 1. The van der Waals surface area contributed by atoms with Crippen LogP contribution in [0, 0.1) is 10.1 Å². The fourth-order valence-corrected chi connectivity index (χ4v) is 3.10. The minimum Gasteiger partial charge on any atom is -0.478 e. The summed E-state index contributed by atoms with van der Waals surface area (Å²) in [4.78, 5) is 46.7. The minimum atomic E-state index is -1.30. The van der Waals surface area contributed by atoms with E-state index in [-0.39, 0.29) is 34.7 Å².